The van der Waals surface area contributed by atoms with Gasteiger partial charge in [0.1, 0.15) is 5.82 Å². The molecule has 0 spiro atoms. The van der Waals surface area contributed by atoms with E-state index in [0.717, 1.165) is 0 Å². The first-order valence-electron chi connectivity index (χ1n) is 3.84. The topological polar surface area (TPSA) is 35.2 Å². The number of hydrogen-bond donors (Lipinski definition) is 1. The summed E-state index contributed by atoms with van der Waals surface area (Å²) in [6.07, 6.45) is 0. The summed E-state index contributed by atoms with van der Waals surface area (Å²) in [5.74, 6) is -0.392. The van der Waals surface area contributed by atoms with Crippen LogP contribution < -0.4 is 5.73 Å². The average molecular weight is 204 g/mol. The van der Waals surface area contributed by atoms with Crippen molar-refractivity contribution in [2.45, 2.75) is 6.04 Å². The molecular formula is C9H11ClFNO. The van der Waals surface area contributed by atoms with E-state index in [4.69, 9.17) is 22.1 Å². The average Bonchev–Trinajstić information content (AvgIpc) is 2.04. The summed E-state index contributed by atoms with van der Waals surface area (Å²) in [4.78, 5) is 0. The Bertz CT molecular complexity index is 293. The van der Waals surface area contributed by atoms with Crippen LogP contribution in [0.2, 0.25) is 5.02 Å². The van der Waals surface area contributed by atoms with Crippen LogP contribution in [0.4, 0.5) is 4.39 Å². The van der Waals surface area contributed by atoms with E-state index in [1.807, 2.05) is 0 Å². The molecular weight excluding hydrogens is 193 g/mol. The van der Waals surface area contributed by atoms with Crippen molar-refractivity contribution in [3.05, 3.63) is 34.6 Å². The minimum absolute atomic E-state index is 0.290. The highest BCUT2D eigenvalue weighted by Gasteiger charge is 2.10. The second kappa shape index (κ2) is 4.56. The predicted octanol–water partition coefficient (Wildman–Crippen LogP) is 2.13. The number of rotatable bonds is 3. The summed E-state index contributed by atoms with van der Waals surface area (Å²) >= 11 is 5.59. The van der Waals surface area contributed by atoms with Crippen LogP contribution in [0.15, 0.2) is 18.2 Å². The molecule has 72 valence electrons. The van der Waals surface area contributed by atoms with Crippen LogP contribution in [-0.2, 0) is 4.74 Å². The van der Waals surface area contributed by atoms with Gasteiger partial charge in [0.25, 0.3) is 0 Å². The van der Waals surface area contributed by atoms with Crippen molar-refractivity contribution in [3.8, 4) is 0 Å². The Labute approximate surface area is 81.4 Å². The lowest BCUT2D eigenvalue weighted by molar-refractivity contribution is 0.179. The Morgan fingerprint density at radius 2 is 2.31 bits per heavy atom. The summed E-state index contributed by atoms with van der Waals surface area (Å²) in [6, 6.07) is 3.98. The van der Waals surface area contributed by atoms with Crippen LogP contribution in [0.5, 0.6) is 0 Å². The zero-order chi connectivity index (χ0) is 9.84. The van der Waals surface area contributed by atoms with Crippen molar-refractivity contribution in [2.24, 2.45) is 5.73 Å². The maximum Gasteiger partial charge on any atom is 0.129 e. The number of methoxy groups -OCH3 is 1. The van der Waals surface area contributed by atoms with Gasteiger partial charge in [-0.2, -0.15) is 0 Å². The Morgan fingerprint density at radius 1 is 1.62 bits per heavy atom. The van der Waals surface area contributed by atoms with Crippen LogP contribution in [0.3, 0.4) is 0 Å². The summed E-state index contributed by atoms with van der Waals surface area (Å²) in [6.45, 7) is 0.290. The molecule has 4 heteroatoms. The Balaban J connectivity index is 2.88. The zero-order valence-electron chi connectivity index (χ0n) is 7.26. The molecule has 0 aliphatic carbocycles. The molecule has 0 bridgehead atoms. The first-order valence-corrected chi connectivity index (χ1v) is 4.22. The molecule has 2 nitrogen and oxygen atoms in total. The van der Waals surface area contributed by atoms with Gasteiger partial charge in [0.2, 0.25) is 0 Å². The van der Waals surface area contributed by atoms with Crippen molar-refractivity contribution in [3.63, 3.8) is 0 Å². The van der Waals surface area contributed by atoms with Gasteiger partial charge in [-0.05, 0) is 12.1 Å². The molecule has 1 rings (SSSR count). The monoisotopic (exact) mass is 203 g/mol. The quantitative estimate of drug-likeness (QED) is 0.817. The molecule has 1 atom stereocenters. The van der Waals surface area contributed by atoms with Gasteiger partial charge in [0.15, 0.2) is 0 Å². The highest BCUT2D eigenvalue weighted by atomic mass is 35.5. The molecule has 0 amide bonds. The highest BCUT2D eigenvalue weighted by Crippen LogP contribution is 2.19. The van der Waals surface area contributed by atoms with Crippen molar-refractivity contribution in [2.75, 3.05) is 13.7 Å². The van der Waals surface area contributed by atoms with Gasteiger partial charge >= 0.3 is 0 Å². The molecule has 0 aromatic heterocycles. The summed E-state index contributed by atoms with van der Waals surface area (Å²) in [5, 5.41) is 0.367. The van der Waals surface area contributed by atoms with E-state index >= 15 is 0 Å². The van der Waals surface area contributed by atoms with Crippen LogP contribution in [0.25, 0.3) is 0 Å². The second-order valence-electron chi connectivity index (χ2n) is 2.73. The number of hydrogen-bond acceptors (Lipinski definition) is 2. The first kappa shape index (κ1) is 10.4. The molecule has 0 saturated carbocycles. The Morgan fingerprint density at radius 3 is 2.85 bits per heavy atom. The van der Waals surface area contributed by atoms with Gasteiger partial charge in [-0.1, -0.05) is 17.7 Å². The van der Waals surface area contributed by atoms with E-state index < -0.39 is 11.9 Å². The molecule has 1 aromatic carbocycles. The van der Waals surface area contributed by atoms with Crippen molar-refractivity contribution in [1.29, 1.82) is 0 Å². The lowest BCUT2D eigenvalue weighted by atomic mass is 10.1. The van der Waals surface area contributed by atoms with Crippen molar-refractivity contribution >= 4 is 11.6 Å². The van der Waals surface area contributed by atoms with E-state index in [9.17, 15) is 4.39 Å². The largest absolute Gasteiger partial charge is 0.383 e. The van der Waals surface area contributed by atoms with Gasteiger partial charge in [-0.15, -0.1) is 0 Å². The maximum absolute atomic E-state index is 13.2. The molecule has 0 aliphatic rings. The Kier molecular flexibility index (Phi) is 3.66. The number of ether oxygens (including phenoxy) is 1. The fraction of sp³-hybridized carbons (Fsp3) is 0.333. The highest BCUT2D eigenvalue weighted by molar-refractivity contribution is 6.30. The van der Waals surface area contributed by atoms with Gasteiger partial charge in [0, 0.05) is 17.7 Å². The summed E-state index contributed by atoms with van der Waals surface area (Å²) in [7, 11) is 1.52. The lowest BCUT2D eigenvalue weighted by Gasteiger charge is -2.11. The maximum atomic E-state index is 13.2. The number of halogens is 2. The van der Waals surface area contributed by atoms with E-state index in [0.29, 0.717) is 17.2 Å². The first-order chi connectivity index (χ1) is 6.15. The fourth-order valence-electron chi connectivity index (χ4n) is 1.07. The van der Waals surface area contributed by atoms with Crippen molar-refractivity contribution in [1.82, 2.24) is 0 Å². The normalized spacial score (nSPS) is 12.9. The standard InChI is InChI=1S/C9H11ClFNO/c1-13-5-9(12)7-3-2-6(10)4-8(7)11/h2-4,9H,5,12H2,1H3. The molecule has 1 aromatic rings. The van der Waals surface area contributed by atoms with E-state index in [1.165, 1.54) is 13.2 Å². The van der Waals surface area contributed by atoms with Gasteiger partial charge < -0.3 is 10.5 Å². The summed E-state index contributed by atoms with van der Waals surface area (Å²) < 4.78 is 18.0. The minimum atomic E-state index is -0.442. The van der Waals surface area contributed by atoms with Crippen LogP contribution in [-0.4, -0.2) is 13.7 Å². The molecule has 0 saturated heterocycles. The fourth-order valence-corrected chi connectivity index (χ4v) is 1.23. The molecule has 0 fully saturated rings. The SMILES string of the molecule is COCC(N)c1ccc(Cl)cc1F. The molecule has 2 N–H and O–H groups in total. The zero-order valence-corrected chi connectivity index (χ0v) is 8.01. The second-order valence-corrected chi connectivity index (χ2v) is 3.16. The summed E-state index contributed by atoms with van der Waals surface area (Å²) in [5.41, 5.74) is 6.07. The number of nitrogens with two attached hydrogens (primary N) is 1. The number of benzene rings is 1. The van der Waals surface area contributed by atoms with Crippen LogP contribution in [0.1, 0.15) is 11.6 Å². The van der Waals surface area contributed by atoms with Gasteiger partial charge in [-0.3, -0.25) is 0 Å². The van der Waals surface area contributed by atoms with Gasteiger partial charge in [0.05, 0.1) is 12.6 Å². The molecule has 0 heterocycles. The van der Waals surface area contributed by atoms with Crippen molar-refractivity contribution < 1.29 is 9.13 Å². The third-order valence-electron chi connectivity index (χ3n) is 1.71. The van der Waals surface area contributed by atoms with Gasteiger partial charge in [-0.25, -0.2) is 4.39 Å². The molecule has 0 radical (unpaired) electrons. The molecule has 1 unspecified atom stereocenters. The third-order valence-corrected chi connectivity index (χ3v) is 1.94. The lowest BCUT2D eigenvalue weighted by Crippen LogP contribution is -2.17. The Hall–Kier alpha value is -0.640. The third kappa shape index (κ3) is 2.66. The van der Waals surface area contributed by atoms with E-state index in [1.54, 1.807) is 12.1 Å². The van der Waals surface area contributed by atoms with Crippen LogP contribution in [0, 0.1) is 5.82 Å². The van der Waals surface area contributed by atoms with E-state index in [-0.39, 0.29) is 0 Å². The smallest absolute Gasteiger partial charge is 0.129 e. The minimum Gasteiger partial charge on any atom is -0.383 e. The molecule has 0 aliphatic heterocycles. The molecule has 13 heavy (non-hydrogen) atoms. The predicted molar refractivity (Wildman–Crippen MR) is 50.2 cm³/mol. The van der Waals surface area contributed by atoms with E-state index in [2.05, 4.69) is 0 Å². The van der Waals surface area contributed by atoms with Crippen LogP contribution >= 0.6 is 11.6 Å².